The molecule has 1 saturated carbocycles. The van der Waals surface area contributed by atoms with Gasteiger partial charge in [-0.05, 0) is 31.1 Å². The lowest BCUT2D eigenvalue weighted by Gasteiger charge is -2.27. The summed E-state index contributed by atoms with van der Waals surface area (Å²) in [6.07, 6.45) is 5.69. The van der Waals surface area contributed by atoms with Gasteiger partial charge in [0.2, 0.25) is 0 Å². The maximum atomic E-state index is 4.65. The van der Waals surface area contributed by atoms with Crippen molar-refractivity contribution in [2.24, 2.45) is 11.8 Å². The fraction of sp³-hybridized carbons (Fsp3) is 1.00. The first-order valence-electron chi connectivity index (χ1n) is 5.57. The average Bonchev–Trinajstić information content (AvgIpc) is 2.76. The molecule has 0 bridgehead atoms. The van der Waals surface area contributed by atoms with Crippen molar-refractivity contribution in [1.29, 1.82) is 0 Å². The van der Waals surface area contributed by atoms with E-state index in [9.17, 15) is 0 Å². The molecule has 2 aliphatic rings. The van der Waals surface area contributed by atoms with E-state index in [-0.39, 0.29) is 0 Å². The number of hydrogen-bond donors (Lipinski definition) is 1. The molecule has 76 valence electrons. The monoisotopic (exact) mass is 216 g/mol. The van der Waals surface area contributed by atoms with E-state index in [1.54, 1.807) is 0 Å². The molecule has 1 aliphatic carbocycles. The zero-order valence-electron chi connectivity index (χ0n) is 8.57. The Bertz CT molecular complexity index is 179. The van der Waals surface area contributed by atoms with Crippen LogP contribution in [0.4, 0.5) is 0 Å². The van der Waals surface area contributed by atoms with E-state index in [0.717, 1.165) is 22.3 Å². The minimum Gasteiger partial charge on any atom is -0.176 e. The van der Waals surface area contributed by atoms with Gasteiger partial charge in [0.1, 0.15) is 0 Å². The summed E-state index contributed by atoms with van der Waals surface area (Å²) in [5.74, 6) is 1.89. The molecule has 0 nitrogen and oxygen atoms in total. The molecule has 1 aliphatic heterocycles. The molecule has 2 heteroatoms. The molecule has 0 amide bonds. The second-order valence-corrected chi connectivity index (χ2v) is 6.81. The summed E-state index contributed by atoms with van der Waals surface area (Å²) in [4.78, 5) is 0. The minimum atomic E-state index is 0.602. The third-order valence-corrected chi connectivity index (χ3v) is 5.56. The molecule has 13 heavy (non-hydrogen) atoms. The molecule has 2 rings (SSSR count). The van der Waals surface area contributed by atoms with E-state index >= 15 is 0 Å². The van der Waals surface area contributed by atoms with Crippen LogP contribution in [0.5, 0.6) is 0 Å². The van der Waals surface area contributed by atoms with Crippen LogP contribution in [0, 0.1) is 11.8 Å². The standard InChI is InChI=1S/C11H20S2/c1-3-4-8(7(2)12)9-5-6-10-11(9)13-10/h7-12H,3-6H2,1-2H3. The summed E-state index contributed by atoms with van der Waals surface area (Å²) in [5.41, 5.74) is 0. The Morgan fingerprint density at radius 3 is 2.62 bits per heavy atom. The van der Waals surface area contributed by atoms with Crippen LogP contribution in [0.15, 0.2) is 0 Å². The fourth-order valence-electron chi connectivity index (χ4n) is 2.89. The highest BCUT2D eigenvalue weighted by Crippen LogP contribution is 2.59. The van der Waals surface area contributed by atoms with Crippen molar-refractivity contribution in [2.45, 2.75) is 55.3 Å². The Balaban J connectivity index is 1.94. The van der Waals surface area contributed by atoms with E-state index in [2.05, 4.69) is 38.2 Å². The first-order valence-corrected chi connectivity index (χ1v) is 7.03. The van der Waals surface area contributed by atoms with Gasteiger partial charge in [-0.15, -0.1) is 0 Å². The zero-order chi connectivity index (χ0) is 9.42. The van der Waals surface area contributed by atoms with E-state index in [4.69, 9.17) is 0 Å². The Kier molecular flexibility index (Phi) is 3.19. The van der Waals surface area contributed by atoms with Crippen molar-refractivity contribution in [3.8, 4) is 0 Å². The Morgan fingerprint density at radius 1 is 1.46 bits per heavy atom. The van der Waals surface area contributed by atoms with Crippen molar-refractivity contribution < 1.29 is 0 Å². The minimum absolute atomic E-state index is 0.602. The van der Waals surface area contributed by atoms with Crippen molar-refractivity contribution in [2.75, 3.05) is 0 Å². The number of thioether (sulfide) groups is 1. The second kappa shape index (κ2) is 4.06. The largest absolute Gasteiger partial charge is 0.176 e. The van der Waals surface area contributed by atoms with Gasteiger partial charge in [0.05, 0.1) is 0 Å². The van der Waals surface area contributed by atoms with E-state index in [0.29, 0.717) is 5.25 Å². The molecule has 0 aromatic heterocycles. The third-order valence-electron chi connectivity index (χ3n) is 3.62. The Labute approximate surface area is 91.7 Å². The SMILES string of the molecule is CCCC(C(C)S)C1CCC2SC21. The van der Waals surface area contributed by atoms with Crippen LogP contribution in [0.3, 0.4) is 0 Å². The van der Waals surface area contributed by atoms with Crippen LogP contribution >= 0.6 is 24.4 Å². The van der Waals surface area contributed by atoms with Crippen molar-refractivity contribution in [1.82, 2.24) is 0 Å². The van der Waals surface area contributed by atoms with Gasteiger partial charge in [-0.25, -0.2) is 0 Å². The average molecular weight is 216 g/mol. The summed E-state index contributed by atoms with van der Waals surface area (Å²) >= 11 is 6.88. The van der Waals surface area contributed by atoms with Crippen LogP contribution < -0.4 is 0 Å². The van der Waals surface area contributed by atoms with Crippen LogP contribution in [0.25, 0.3) is 0 Å². The highest BCUT2D eigenvalue weighted by Gasteiger charge is 2.51. The van der Waals surface area contributed by atoms with Gasteiger partial charge in [0.25, 0.3) is 0 Å². The zero-order valence-corrected chi connectivity index (χ0v) is 10.3. The smallest absolute Gasteiger partial charge is 0.0201 e. The lowest BCUT2D eigenvalue weighted by atomic mass is 9.85. The van der Waals surface area contributed by atoms with Gasteiger partial charge in [-0.2, -0.15) is 24.4 Å². The number of hydrogen-bond acceptors (Lipinski definition) is 2. The van der Waals surface area contributed by atoms with Crippen molar-refractivity contribution >= 4 is 24.4 Å². The lowest BCUT2D eigenvalue weighted by molar-refractivity contribution is 0.326. The van der Waals surface area contributed by atoms with Gasteiger partial charge in [-0.3, -0.25) is 0 Å². The Hall–Kier alpha value is 0.700. The summed E-state index contributed by atoms with van der Waals surface area (Å²) < 4.78 is 0. The first-order chi connectivity index (χ1) is 6.24. The number of rotatable bonds is 4. The Morgan fingerprint density at radius 2 is 2.23 bits per heavy atom. The molecule has 0 N–H and O–H groups in total. The number of fused-ring (bicyclic) bond motifs is 1. The van der Waals surface area contributed by atoms with Crippen molar-refractivity contribution in [3.05, 3.63) is 0 Å². The normalized spacial score (nSPS) is 41.3. The van der Waals surface area contributed by atoms with Gasteiger partial charge in [-0.1, -0.05) is 20.3 Å². The molecule has 1 heterocycles. The van der Waals surface area contributed by atoms with Crippen LogP contribution in [-0.2, 0) is 0 Å². The molecule has 0 aromatic rings. The predicted octanol–water partition coefficient (Wildman–Crippen LogP) is 3.62. The molecule has 0 aromatic carbocycles. The molecule has 5 unspecified atom stereocenters. The third kappa shape index (κ3) is 2.04. The highest BCUT2D eigenvalue weighted by atomic mass is 32.2. The second-order valence-electron chi connectivity index (χ2n) is 4.57. The molecule has 1 saturated heterocycles. The first kappa shape index (κ1) is 10.2. The van der Waals surface area contributed by atoms with Crippen molar-refractivity contribution in [3.63, 3.8) is 0 Å². The molecule has 2 fully saturated rings. The maximum absolute atomic E-state index is 4.65. The highest BCUT2D eigenvalue weighted by molar-refractivity contribution is 8.07. The summed E-state index contributed by atoms with van der Waals surface area (Å²) in [6, 6.07) is 0. The van der Waals surface area contributed by atoms with E-state index < -0.39 is 0 Å². The van der Waals surface area contributed by atoms with Crippen LogP contribution in [0.2, 0.25) is 0 Å². The van der Waals surface area contributed by atoms with Gasteiger partial charge in [0, 0.05) is 15.7 Å². The molecule has 0 radical (unpaired) electrons. The summed E-state index contributed by atoms with van der Waals surface area (Å²) in [6.45, 7) is 4.58. The van der Waals surface area contributed by atoms with Gasteiger partial charge >= 0.3 is 0 Å². The predicted molar refractivity (Wildman–Crippen MR) is 64.7 cm³/mol. The molecular weight excluding hydrogens is 196 g/mol. The maximum Gasteiger partial charge on any atom is 0.0201 e. The van der Waals surface area contributed by atoms with Gasteiger partial charge in [0.15, 0.2) is 0 Å². The van der Waals surface area contributed by atoms with Crippen LogP contribution in [0.1, 0.15) is 39.5 Å². The summed E-state index contributed by atoms with van der Waals surface area (Å²) in [5, 5.41) is 2.69. The topological polar surface area (TPSA) is 0 Å². The van der Waals surface area contributed by atoms with Crippen LogP contribution in [-0.4, -0.2) is 15.7 Å². The van der Waals surface area contributed by atoms with E-state index in [1.807, 2.05) is 0 Å². The molecule has 5 atom stereocenters. The lowest BCUT2D eigenvalue weighted by Crippen LogP contribution is -2.23. The fourth-order valence-corrected chi connectivity index (χ4v) is 4.72. The van der Waals surface area contributed by atoms with Gasteiger partial charge < -0.3 is 0 Å². The number of thiol groups is 1. The summed E-state index contributed by atoms with van der Waals surface area (Å²) in [7, 11) is 0. The quantitative estimate of drug-likeness (QED) is 0.553. The van der Waals surface area contributed by atoms with E-state index in [1.165, 1.54) is 25.7 Å². The molecular formula is C11H20S2. The molecule has 0 spiro atoms.